The number of rotatable bonds is 5. The predicted octanol–water partition coefficient (Wildman–Crippen LogP) is 4.85. The van der Waals surface area contributed by atoms with Crippen LogP contribution in [0.2, 0.25) is 0 Å². The molecule has 0 radical (unpaired) electrons. The van der Waals surface area contributed by atoms with Crippen LogP contribution in [0.3, 0.4) is 0 Å². The van der Waals surface area contributed by atoms with E-state index in [0.717, 1.165) is 37.9 Å². The van der Waals surface area contributed by atoms with Crippen molar-refractivity contribution in [1.29, 1.82) is 0 Å². The van der Waals surface area contributed by atoms with Crippen molar-refractivity contribution >= 4 is 5.91 Å². The van der Waals surface area contributed by atoms with Gasteiger partial charge in [-0.25, -0.2) is 0 Å². The van der Waals surface area contributed by atoms with Crippen molar-refractivity contribution in [3.05, 3.63) is 29.6 Å². The highest BCUT2D eigenvalue weighted by Crippen LogP contribution is 2.46. The number of carbonyl (C=O) groups is 1. The van der Waals surface area contributed by atoms with Gasteiger partial charge in [-0.05, 0) is 74.5 Å². The molecule has 0 saturated heterocycles. The first-order chi connectivity index (χ1) is 11.4. The highest BCUT2D eigenvalue weighted by Gasteiger charge is 2.40. The number of aromatic nitrogens is 1. The van der Waals surface area contributed by atoms with Gasteiger partial charge in [-0.3, -0.25) is 9.78 Å². The molecule has 3 unspecified atom stereocenters. The fraction of sp³-hybridized carbons (Fsp3) is 0.714. The van der Waals surface area contributed by atoms with Gasteiger partial charge in [0.15, 0.2) is 0 Å². The molecule has 3 heteroatoms. The SMILES string of the molecule is CCNC(=O)C1CCC(c2ccnc(C)c2)CCC1C(C)(C)CC. The summed E-state index contributed by atoms with van der Waals surface area (Å²) in [6, 6.07) is 4.38. The van der Waals surface area contributed by atoms with E-state index in [0.29, 0.717) is 11.8 Å². The van der Waals surface area contributed by atoms with Crippen LogP contribution in [0.5, 0.6) is 0 Å². The molecule has 2 rings (SSSR count). The molecule has 1 aliphatic carbocycles. The summed E-state index contributed by atoms with van der Waals surface area (Å²) in [6.45, 7) is 11.7. The first-order valence-corrected chi connectivity index (χ1v) is 9.59. The normalized spacial score (nSPS) is 25.1. The van der Waals surface area contributed by atoms with Crippen molar-refractivity contribution in [2.45, 2.75) is 72.6 Å². The number of aryl methyl sites for hydroxylation is 1. The molecule has 1 aromatic rings. The van der Waals surface area contributed by atoms with Gasteiger partial charge >= 0.3 is 0 Å². The minimum atomic E-state index is 0.146. The molecule has 1 N–H and O–H groups in total. The molecule has 134 valence electrons. The number of hydrogen-bond donors (Lipinski definition) is 1. The fourth-order valence-corrected chi connectivity index (χ4v) is 4.28. The Balaban J connectivity index is 2.23. The van der Waals surface area contributed by atoms with E-state index in [2.05, 4.69) is 50.1 Å². The number of nitrogens with one attached hydrogen (secondary N) is 1. The van der Waals surface area contributed by atoms with Crippen molar-refractivity contribution < 1.29 is 4.79 Å². The summed E-state index contributed by atoms with van der Waals surface area (Å²) in [7, 11) is 0. The van der Waals surface area contributed by atoms with Crippen LogP contribution < -0.4 is 5.32 Å². The Bertz CT molecular complexity index is 553. The third-order valence-corrected chi connectivity index (χ3v) is 6.13. The maximum atomic E-state index is 12.7. The molecule has 1 fully saturated rings. The van der Waals surface area contributed by atoms with E-state index >= 15 is 0 Å². The Labute approximate surface area is 147 Å². The molecule has 1 aliphatic rings. The van der Waals surface area contributed by atoms with Gasteiger partial charge in [-0.1, -0.05) is 27.2 Å². The standard InChI is InChI=1S/C21H34N2O/c1-6-21(4,5)19-11-9-16(17-12-13-23-15(3)14-17)8-10-18(19)20(24)22-7-2/h12-14,16,18-19H,6-11H2,1-5H3,(H,22,24). The molecule has 3 nitrogen and oxygen atoms in total. The number of carbonyl (C=O) groups excluding carboxylic acids is 1. The summed E-state index contributed by atoms with van der Waals surface area (Å²) in [6.07, 6.45) is 7.44. The van der Waals surface area contributed by atoms with E-state index in [1.54, 1.807) is 0 Å². The van der Waals surface area contributed by atoms with E-state index in [-0.39, 0.29) is 17.2 Å². The molecule has 0 aromatic carbocycles. The largest absolute Gasteiger partial charge is 0.356 e. The first kappa shape index (κ1) is 19.0. The summed E-state index contributed by atoms with van der Waals surface area (Å²) in [5.74, 6) is 1.42. The monoisotopic (exact) mass is 330 g/mol. The molecular formula is C21H34N2O. The van der Waals surface area contributed by atoms with Gasteiger partial charge in [0.25, 0.3) is 0 Å². The number of amides is 1. The average Bonchev–Trinajstić information content (AvgIpc) is 2.78. The van der Waals surface area contributed by atoms with Gasteiger partial charge < -0.3 is 5.32 Å². The zero-order chi connectivity index (χ0) is 17.7. The Morgan fingerprint density at radius 1 is 1.25 bits per heavy atom. The second kappa shape index (κ2) is 8.13. The molecule has 1 aromatic heterocycles. The van der Waals surface area contributed by atoms with Crippen LogP contribution in [0.1, 0.15) is 77.0 Å². The number of hydrogen-bond acceptors (Lipinski definition) is 2. The topological polar surface area (TPSA) is 42.0 Å². The third-order valence-electron chi connectivity index (χ3n) is 6.13. The molecule has 0 spiro atoms. The lowest BCUT2D eigenvalue weighted by Gasteiger charge is -2.37. The molecular weight excluding hydrogens is 296 g/mol. The molecule has 1 heterocycles. The van der Waals surface area contributed by atoms with Gasteiger partial charge in [0.05, 0.1) is 0 Å². The van der Waals surface area contributed by atoms with Gasteiger partial charge in [0, 0.05) is 24.4 Å². The summed E-state index contributed by atoms with van der Waals surface area (Å²) in [5.41, 5.74) is 2.69. The van der Waals surface area contributed by atoms with Gasteiger partial charge in [-0.2, -0.15) is 0 Å². The second-order valence-electron chi connectivity index (χ2n) is 8.03. The van der Waals surface area contributed by atoms with Crippen LogP contribution in [0.15, 0.2) is 18.3 Å². The maximum absolute atomic E-state index is 12.7. The summed E-state index contributed by atoms with van der Waals surface area (Å²) in [5, 5.41) is 3.08. The Morgan fingerprint density at radius 3 is 2.58 bits per heavy atom. The Kier molecular flexibility index (Phi) is 6.42. The Morgan fingerprint density at radius 2 is 1.96 bits per heavy atom. The molecule has 24 heavy (non-hydrogen) atoms. The van der Waals surface area contributed by atoms with Gasteiger partial charge in [-0.15, -0.1) is 0 Å². The van der Waals surface area contributed by atoms with E-state index in [4.69, 9.17) is 0 Å². The van der Waals surface area contributed by atoms with E-state index in [1.165, 1.54) is 12.0 Å². The van der Waals surface area contributed by atoms with Crippen LogP contribution in [0.4, 0.5) is 0 Å². The minimum absolute atomic E-state index is 0.146. The summed E-state index contributed by atoms with van der Waals surface area (Å²) in [4.78, 5) is 17.0. The smallest absolute Gasteiger partial charge is 0.223 e. The van der Waals surface area contributed by atoms with E-state index in [9.17, 15) is 4.79 Å². The zero-order valence-electron chi connectivity index (χ0n) is 16.1. The lowest BCUT2D eigenvalue weighted by molar-refractivity contribution is -0.128. The van der Waals surface area contributed by atoms with Crippen LogP contribution in [0.25, 0.3) is 0 Å². The van der Waals surface area contributed by atoms with E-state index in [1.807, 2.05) is 13.1 Å². The average molecular weight is 331 g/mol. The highest BCUT2D eigenvalue weighted by molar-refractivity contribution is 5.79. The molecule has 1 amide bonds. The third kappa shape index (κ3) is 4.37. The van der Waals surface area contributed by atoms with Crippen molar-refractivity contribution in [2.75, 3.05) is 6.54 Å². The lowest BCUT2D eigenvalue weighted by atomic mass is 9.68. The van der Waals surface area contributed by atoms with Crippen LogP contribution in [-0.4, -0.2) is 17.4 Å². The molecule has 1 saturated carbocycles. The summed E-state index contributed by atoms with van der Waals surface area (Å²) < 4.78 is 0. The zero-order valence-corrected chi connectivity index (χ0v) is 16.1. The second-order valence-corrected chi connectivity index (χ2v) is 8.03. The van der Waals surface area contributed by atoms with Crippen LogP contribution in [-0.2, 0) is 4.79 Å². The fourth-order valence-electron chi connectivity index (χ4n) is 4.28. The lowest BCUT2D eigenvalue weighted by Crippen LogP contribution is -2.40. The molecule has 3 atom stereocenters. The van der Waals surface area contributed by atoms with Crippen molar-refractivity contribution in [3.8, 4) is 0 Å². The van der Waals surface area contributed by atoms with Crippen molar-refractivity contribution in [3.63, 3.8) is 0 Å². The van der Waals surface area contributed by atoms with Crippen LogP contribution >= 0.6 is 0 Å². The van der Waals surface area contributed by atoms with Crippen LogP contribution in [0, 0.1) is 24.2 Å². The van der Waals surface area contributed by atoms with Crippen molar-refractivity contribution in [2.24, 2.45) is 17.3 Å². The number of nitrogens with zero attached hydrogens (tertiary/aromatic N) is 1. The maximum Gasteiger partial charge on any atom is 0.223 e. The van der Waals surface area contributed by atoms with Crippen molar-refractivity contribution in [1.82, 2.24) is 10.3 Å². The van der Waals surface area contributed by atoms with Gasteiger partial charge in [0.2, 0.25) is 5.91 Å². The Hall–Kier alpha value is -1.38. The highest BCUT2D eigenvalue weighted by atomic mass is 16.1. The minimum Gasteiger partial charge on any atom is -0.356 e. The summed E-state index contributed by atoms with van der Waals surface area (Å²) >= 11 is 0. The van der Waals surface area contributed by atoms with Gasteiger partial charge in [0.1, 0.15) is 0 Å². The molecule has 0 aliphatic heterocycles. The molecule has 0 bridgehead atoms. The number of pyridine rings is 1. The quantitative estimate of drug-likeness (QED) is 0.784. The predicted molar refractivity (Wildman–Crippen MR) is 99.9 cm³/mol. The first-order valence-electron chi connectivity index (χ1n) is 9.59. The van der Waals surface area contributed by atoms with E-state index < -0.39 is 0 Å².